The van der Waals surface area contributed by atoms with Gasteiger partial charge in [-0.05, 0) is 72.9 Å². The summed E-state index contributed by atoms with van der Waals surface area (Å²) in [5, 5.41) is 1.47. The predicted molar refractivity (Wildman–Crippen MR) is 287 cm³/mol. The quantitative estimate of drug-likeness (QED) is 0.0214. The molecule has 4 aliphatic rings. The molecule has 0 bridgehead atoms. The molecule has 2 aromatic rings. The Morgan fingerprint density at radius 2 is 1.30 bits per heavy atom. The number of allylic oxidation sites excluding steroid dienone is 3. The Morgan fingerprint density at radius 1 is 0.727 bits per heavy atom. The van der Waals surface area contributed by atoms with E-state index in [9.17, 15) is 27.4 Å². The van der Waals surface area contributed by atoms with E-state index in [1.807, 2.05) is 63.3 Å². The molecule has 3 aliphatic heterocycles. The SMILES string of the molecule is COCCOCCOCCOCC[N+](CCOCCOCCOCCOC)=c1ccc2c(-c3ccccc3)c(C)c(/C=C/C=C3/N(CCCCCC(=O)ON4C(=O)CCC4=O)c4ccc(S(=O)(=O)[O-])cc4C3(C)C)oc-2c1. The molecule has 77 heavy (non-hydrogen) atoms. The number of benzene rings is 3. The molecule has 3 heterocycles. The van der Waals surface area contributed by atoms with Crippen molar-refractivity contribution in [1.82, 2.24) is 9.64 Å². The molecule has 2 amide bonds. The zero-order chi connectivity index (χ0) is 55.0. The Balaban J connectivity index is 1.25. The Morgan fingerprint density at radius 3 is 1.87 bits per heavy atom. The predicted octanol–water partition coefficient (Wildman–Crippen LogP) is 6.29. The van der Waals surface area contributed by atoms with Crippen molar-refractivity contribution in [2.75, 3.05) is 131 Å². The van der Waals surface area contributed by atoms with Gasteiger partial charge in [0, 0.05) is 74.0 Å². The largest absolute Gasteiger partial charge is 0.744 e. The highest BCUT2D eigenvalue weighted by atomic mass is 32.2. The maximum absolute atomic E-state index is 12.5. The molecule has 0 aromatic heterocycles. The number of hydrogen-bond acceptors (Lipinski definition) is 17. The Labute approximate surface area is 452 Å². The molecule has 1 aliphatic carbocycles. The van der Waals surface area contributed by atoms with Crippen molar-refractivity contribution in [2.24, 2.45) is 0 Å². The maximum atomic E-state index is 12.5. The normalized spacial score (nSPS) is 15.0. The number of amides is 2. The highest BCUT2D eigenvalue weighted by molar-refractivity contribution is 7.85. The van der Waals surface area contributed by atoms with Gasteiger partial charge in [-0.2, -0.15) is 0 Å². The minimum Gasteiger partial charge on any atom is -0.744 e. The molecule has 1 saturated heterocycles. The summed E-state index contributed by atoms with van der Waals surface area (Å²) in [5.74, 6) is -0.426. The van der Waals surface area contributed by atoms with Gasteiger partial charge in [-0.15, -0.1) is 5.06 Å². The lowest BCUT2D eigenvalue weighted by atomic mass is 9.83. The van der Waals surface area contributed by atoms with Crippen LogP contribution in [0.1, 0.15) is 69.3 Å². The molecule has 0 saturated carbocycles. The van der Waals surface area contributed by atoms with E-state index in [0.717, 1.165) is 39.0 Å². The first-order chi connectivity index (χ1) is 37.2. The summed E-state index contributed by atoms with van der Waals surface area (Å²) in [6.45, 7) is 14.2. The van der Waals surface area contributed by atoms with Crippen molar-refractivity contribution in [1.29, 1.82) is 0 Å². The fourth-order valence-electron chi connectivity index (χ4n) is 9.04. The number of nitrogens with zero attached hydrogens (tertiary/aromatic N) is 3. The van der Waals surface area contributed by atoms with Gasteiger partial charge in [0.1, 0.15) is 34.9 Å². The molecule has 420 valence electrons. The number of methoxy groups -OCH3 is 2. The van der Waals surface area contributed by atoms with Gasteiger partial charge in [-0.3, -0.25) is 9.59 Å². The van der Waals surface area contributed by atoms with E-state index >= 15 is 0 Å². The van der Waals surface area contributed by atoms with E-state index in [1.54, 1.807) is 20.3 Å². The Hall–Kier alpha value is -5.65. The third kappa shape index (κ3) is 17.9. The van der Waals surface area contributed by atoms with Gasteiger partial charge in [-0.1, -0.05) is 56.7 Å². The number of rotatable bonds is 35. The topological polar surface area (TPSA) is 214 Å². The van der Waals surface area contributed by atoms with Gasteiger partial charge >= 0.3 is 5.97 Å². The lowest BCUT2D eigenvalue weighted by molar-refractivity contribution is -0.197. The second-order valence-electron chi connectivity index (χ2n) is 18.8. The fourth-order valence-corrected chi connectivity index (χ4v) is 9.54. The zero-order valence-electron chi connectivity index (χ0n) is 45.1. The number of unbranched alkanes of at least 4 members (excludes halogenated alkanes) is 2. The number of hydrogen-bond donors (Lipinski definition) is 0. The van der Waals surface area contributed by atoms with Crippen LogP contribution in [0.3, 0.4) is 0 Å². The van der Waals surface area contributed by atoms with Crippen molar-refractivity contribution < 1.29 is 74.5 Å². The smallest absolute Gasteiger partial charge is 0.333 e. The molecule has 6 rings (SSSR count). The number of anilines is 1. The van der Waals surface area contributed by atoms with E-state index < -0.39 is 33.3 Å². The summed E-state index contributed by atoms with van der Waals surface area (Å²) in [6.07, 6.45) is 7.57. The van der Waals surface area contributed by atoms with Crippen molar-refractivity contribution in [3.63, 3.8) is 0 Å². The minimum absolute atomic E-state index is 0.0180. The molecule has 20 heteroatoms. The molecule has 1 fully saturated rings. The van der Waals surface area contributed by atoms with E-state index in [2.05, 4.69) is 33.7 Å². The van der Waals surface area contributed by atoms with Crippen LogP contribution < -0.4 is 14.8 Å². The lowest BCUT2D eigenvalue weighted by Crippen LogP contribution is -2.36. The van der Waals surface area contributed by atoms with Crippen LogP contribution in [0.2, 0.25) is 0 Å². The molecule has 2 aromatic carbocycles. The van der Waals surface area contributed by atoms with E-state index in [-0.39, 0.29) is 24.2 Å². The van der Waals surface area contributed by atoms with Gasteiger partial charge in [0.05, 0.1) is 90.2 Å². The average Bonchev–Trinajstić information content (AvgIpc) is 3.90. The summed E-state index contributed by atoms with van der Waals surface area (Å²) >= 11 is 0. The molecule has 0 N–H and O–H groups in total. The van der Waals surface area contributed by atoms with Crippen LogP contribution in [0.25, 0.3) is 28.5 Å². The van der Waals surface area contributed by atoms with Crippen molar-refractivity contribution in [3.8, 4) is 22.5 Å². The van der Waals surface area contributed by atoms with Gasteiger partial charge in [0.25, 0.3) is 11.8 Å². The number of carbonyl (C=O) groups excluding carboxylic acids is 3. The number of carbonyl (C=O) groups is 3. The fraction of sp³-hybridized carbons (Fsp3) is 0.509. The molecule has 0 spiro atoms. The molecule has 19 nitrogen and oxygen atoms in total. The third-order valence-electron chi connectivity index (χ3n) is 13.1. The van der Waals surface area contributed by atoms with Gasteiger partial charge in [0.2, 0.25) is 5.36 Å². The first-order valence-corrected chi connectivity index (χ1v) is 27.6. The first-order valence-electron chi connectivity index (χ1n) is 26.2. The second kappa shape index (κ2) is 31.1. The molecular formula is C57H75N3O16S. The summed E-state index contributed by atoms with van der Waals surface area (Å²) in [6, 6.07) is 20.8. The van der Waals surface area contributed by atoms with E-state index in [4.69, 9.17) is 47.1 Å². The summed E-state index contributed by atoms with van der Waals surface area (Å²) < 4.78 is 90.1. The monoisotopic (exact) mass is 1090 g/mol. The molecular weight excluding hydrogens is 1010 g/mol. The van der Waals surface area contributed by atoms with Crippen molar-refractivity contribution in [2.45, 2.75) is 69.6 Å². The van der Waals surface area contributed by atoms with Crippen molar-refractivity contribution in [3.05, 3.63) is 107 Å². The number of hydroxylamine groups is 2. The first kappa shape index (κ1) is 60.6. The average molecular weight is 1090 g/mol. The molecule has 0 atom stereocenters. The van der Waals surface area contributed by atoms with Gasteiger partial charge in [-0.25, -0.2) is 17.8 Å². The van der Waals surface area contributed by atoms with Crippen LogP contribution in [0.15, 0.2) is 93.9 Å². The highest BCUT2D eigenvalue weighted by Crippen LogP contribution is 2.49. The standard InChI is InChI=1S/C57H75N3O16S/c1-43-50(15-12-16-52-57(2,3)48-42-46(77(64,65)66)19-21-49(48)59(52)24-11-7-10-17-55(63)76-60-53(61)22-23-54(60)62)75-51-41-45(18-20-47(51)56(43)44-13-8-6-9-14-44)58(25-27-69-33-35-73-39-37-71-31-29-67-4)26-28-70-34-36-74-40-38-72-32-30-68-5/h6,8-9,12-16,18-21,41-42H,7,10-11,17,22-40H2,1-5H3. The summed E-state index contributed by atoms with van der Waals surface area (Å²) in [4.78, 5) is 43.2. The Kier molecular flexibility index (Phi) is 24.4. The van der Waals surface area contributed by atoms with Crippen molar-refractivity contribution >= 4 is 39.7 Å². The van der Waals surface area contributed by atoms with Crippen LogP contribution >= 0.6 is 0 Å². The van der Waals surface area contributed by atoms with Crippen LogP contribution in [-0.4, -0.2) is 162 Å². The zero-order valence-corrected chi connectivity index (χ0v) is 45.9. The number of imide groups is 1. The summed E-state index contributed by atoms with van der Waals surface area (Å²) in [5.41, 5.74) is 5.46. The van der Waals surface area contributed by atoms with Crippen LogP contribution in [-0.2, 0) is 72.6 Å². The highest BCUT2D eigenvalue weighted by Gasteiger charge is 2.40. The van der Waals surface area contributed by atoms with E-state index in [1.165, 1.54) is 12.1 Å². The molecule has 0 radical (unpaired) electrons. The maximum Gasteiger partial charge on any atom is 0.333 e. The minimum atomic E-state index is -4.74. The Bertz CT molecular complexity index is 2710. The van der Waals surface area contributed by atoms with E-state index in [0.29, 0.717) is 154 Å². The molecule has 0 unspecified atom stereocenters. The third-order valence-corrected chi connectivity index (χ3v) is 13.9. The van der Waals surface area contributed by atoms with Gasteiger partial charge < -0.3 is 56.6 Å². The van der Waals surface area contributed by atoms with Crippen LogP contribution in [0, 0.1) is 6.92 Å². The van der Waals surface area contributed by atoms with Crippen LogP contribution in [0.4, 0.5) is 5.69 Å². The van der Waals surface area contributed by atoms with Crippen LogP contribution in [0.5, 0.6) is 0 Å². The lowest BCUT2D eigenvalue weighted by Gasteiger charge is -2.27. The number of ether oxygens (including phenoxy) is 8. The number of fused-ring (bicyclic) bond motifs is 2. The summed E-state index contributed by atoms with van der Waals surface area (Å²) in [7, 11) is -1.47. The van der Waals surface area contributed by atoms with Gasteiger partial charge in [0.15, 0.2) is 13.1 Å². The second-order valence-corrected chi connectivity index (χ2v) is 20.2.